The van der Waals surface area contributed by atoms with E-state index in [0.717, 1.165) is 17.8 Å². The van der Waals surface area contributed by atoms with Gasteiger partial charge in [0.2, 0.25) is 0 Å². The fourth-order valence-corrected chi connectivity index (χ4v) is 1.77. The molecule has 0 fully saturated rings. The van der Waals surface area contributed by atoms with Crippen LogP contribution < -0.4 is 10.9 Å². The Balaban J connectivity index is 2.76. The zero-order chi connectivity index (χ0) is 12.6. The predicted octanol–water partition coefficient (Wildman–Crippen LogP) is 1.44. The first-order valence-corrected chi connectivity index (χ1v) is 5.75. The number of rotatable bonds is 3. The van der Waals surface area contributed by atoms with Crippen molar-refractivity contribution in [3.63, 3.8) is 0 Å². The van der Waals surface area contributed by atoms with Crippen LogP contribution in [0.5, 0.6) is 0 Å². The van der Waals surface area contributed by atoms with Gasteiger partial charge in [-0.05, 0) is 20.3 Å². The second-order valence-corrected chi connectivity index (χ2v) is 4.15. The van der Waals surface area contributed by atoms with Gasteiger partial charge in [0.25, 0.3) is 5.56 Å². The van der Waals surface area contributed by atoms with E-state index in [1.807, 2.05) is 11.6 Å². The Morgan fingerprint density at radius 2 is 2.24 bits per heavy atom. The molecule has 1 atom stereocenters. The first-order valence-electron chi connectivity index (χ1n) is 5.75. The summed E-state index contributed by atoms with van der Waals surface area (Å²) in [6, 6.07) is 0.259. The fourth-order valence-electron chi connectivity index (χ4n) is 1.77. The maximum Gasteiger partial charge on any atom is 0.291 e. The molecule has 2 aromatic heterocycles. The molecule has 0 aliphatic rings. The Morgan fingerprint density at radius 1 is 1.53 bits per heavy atom. The number of nitrogens with zero attached hydrogens (tertiary/aromatic N) is 3. The standard InChI is InChI=1S/C11H17N5O/c1-5-6(2)16-10-8(7(3)15-16)13-11(17)9(12-4)14-10/h6H,5H2,1-4H3,(H,12,14)(H,13,17). The molecule has 0 saturated carbocycles. The topological polar surface area (TPSA) is 75.6 Å². The van der Waals surface area contributed by atoms with Gasteiger partial charge in [-0.1, -0.05) is 6.92 Å². The van der Waals surface area contributed by atoms with Crippen molar-refractivity contribution in [1.29, 1.82) is 0 Å². The van der Waals surface area contributed by atoms with Gasteiger partial charge in [-0.2, -0.15) is 5.10 Å². The van der Waals surface area contributed by atoms with Crippen LogP contribution in [0.25, 0.3) is 11.2 Å². The predicted molar refractivity (Wildman–Crippen MR) is 67.4 cm³/mol. The lowest BCUT2D eigenvalue weighted by atomic mass is 10.3. The minimum atomic E-state index is -0.216. The van der Waals surface area contributed by atoms with Crippen molar-refractivity contribution in [3.8, 4) is 0 Å². The van der Waals surface area contributed by atoms with E-state index < -0.39 is 0 Å². The number of hydrogen-bond acceptors (Lipinski definition) is 4. The molecule has 0 aliphatic heterocycles. The summed E-state index contributed by atoms with van der Waals surface area (Å²) in [5.41, 5.74) is 2.02. The molecule has 0 aliphatic carbocycles. The van der Waals surface area contributed by atoms with E-state index in [2.05, 4.69) is 34.2 Å². The first kappa shape index (κ1) is 11.6. The first-order chi connectivity index (χ1) is 8.08. The Labute approximate surface area is 99.1 Å². The largest absolute Gasteiger partial charge is 0.368 e. The number of aromatic amines is 1. The van der Waals surface area contributed by atoms with E-state index in [9.17, 15) is 4.79 Å². The second-order valence-electron chi connectivity index (χ2n) is 4.15. The molecule has 92 valence electrons. The third kappa shape index (κ3) is 1.79. The Kier molecular flexibility index (Phi) is 2.87. The van der Waals surface area contributed by atoms with Gasteiger partial charge in [0.05, 0.1) is 11.7 Å². The van der Waals surface area contributed by atoms with Crippen LogP contribution in [0.4, 0.5) is 5.82 Å². The quantitative estimate of drug-likeness (QED) is 0.844. The highest BCUT2D eigenvalue weighted by molar-refractivity contribution is 5.74. The molecule has 6 nitrogen and oxygen atoms in total. The number of hydrogen-bond donors (Lipinski definition) is 2. The third-order valence-corrected chi connectivity index (χ3v) is 2.98. The van der Waals surface area contributed by atoms with E-state index in [4.69, 9.17) is 0 Å². The molecular formula is C11H17N5O. The molecule has 1 unspecified atom stereocenters. The lowest BCUT2D eigenvalue weighted by Crippen LogP contribution is -2.15. The summed E-state index contributed by atoms with van der Waals surface area (Å²) in [7, 11) is 1.68. The van der Waals surface area contributed by atoms with Gasteiger partial charge < -0.3 is 10.3 Å². The van der Waals surface area contributed by atoms with Crippen LogP contribution in [0.1, 0.15) is 32.0 Å². The monoisotopic (exact) mass is 235 g/mol. The molecule has 2 aromatic rings. The van der Waals surface area contributed by atoms with Crippen LogP contribution in [-0.2, 0) is 0 Å². The molecule has 0 bridgehead atoms. The molecule has 0 saturated heterocycles. The van der Waals surface area contributed by atoms with Gasteiger partial charge in [-0.15, -0.1) is 0 Å². The van der Waals surface area contributed by atoms with Crippen LogP contribution in [0.2, 0.25) is 0 Å². The van der Waals surface area contributed by atoms with Crippen molar-refractivity contribution in [2.24, 2.45) is 0 Å². The number of nitrogens with one attached hydrogen (secondary N) is 2. The van der Waals surface area contributed by atoms with E-state index in [-0.39, 0.29) is 11.6 Å². The minimum Gasteiger partial charge on any atom is -0.368 e. The summed E-state index contributed by atoms with van der Waals surface area (Å²) in [4.78, 5) is 18.8. The summed E-state index contributed by atoms with van der Waals surface area (Å²) in [5.74, 6) is 0.321. The maximum absolute atomic E-state index is 11.6. The minimum absolute atomic E-state index is 0.216. The highest BCUT2D eigenvalue weighted by atomic mass is 16.1. The maximum atomic E-state index is 11.6. The van der Waals surface area contributed by atoms with Crippen LogP contribution in [-0.4, -0.2) is 26.8 Å². The van der Waals surface area contributed by atoms with E-state index >= 15 is 0 Å². The van der Waals surface area contributed by atoms with E-state index in [1.165, 1.54) is 0 Å². The van der Waals surface area contributed by atoms with Gasteiger partial charge in [0.1, 0.15) is 5.52 Å². The van der Waals surface area contributed by atoms with Gasteiger partial charge in [0, 0.05) is 7.05 Å². The molecule has 2 N–H and O–H groups in total. The third-order valence-electron chi connectivity index (χ3n) is 2.98. The normalized spacial score (nSPS) is 12.9. The van der Waals surface area contributed by atoms with Crippen molar-refractivity contribution < 1.29 is 0 Å². The van der Waals surface area contributed by atoms with E-state index in [0.29, 0.717) is 11.3 Å². The summed E-state index contributed by atoms with van der Waals surface area (Å²) in [6.45, 7) is 6.05. The molecule has 0 aromatic carbocycles. The summed E-state index contributed by atoms with van der Waals surface area (Å²) in [6.07, 6.45) is 0.964. The highest BCUT2D eigenvalue weighted by Gasteiger charge is 2.15. The van der Waals surface area contributed by atoms with E-state index in [1.54, 1.807) is 7.05 Å². The number of anilines is 1. The van der Waals surface area contributed by atoms with Crippen LogP contribution in [0.15, 0.2) is 4.79 Å². The smallest absolute Gasteiger partial charge is 0.291 e. The average Bonchev–Trinajstić information content (AvgIpc) is 2.64. The lowest BCUT2D eigenvalue weighted by Gasteiger charge is -2.09. The van der Waals surface area contributed by atoms with Gasteiger partial charge in [-0.3, -0.25) is 4.79 Å². The highest BCUT2D eigenvalue weighted by Crippen LogP contribution is 2.19. The number of aromatic nitrogens is 4. The second kappa shape index (κ2) is 4.20. The van der Waals surface area contributed by atoms with Crippen LogP contribution in [0, 0.1) is 6.92 Å². The van der Waals surface area contributed by atoms with Crippen molar-refractivity contribution in [2.75, 3.05) is 12.4 Å². The molecule has 0 spiro atoms. The molecule has 6 heteroatoms. The van der Waals surface area contributed by atoms with Gasteiger partial charge in [-0.25, -0.2) is 9.67 Å². The zero-order valence-corrected chi connectivity index (χ0v) is 10.5. The van der Waals surface area contributed by atoms with Gasteiger partial charge in [0.15, 0.2) is 11.5 Å². The molecule has 2 rings (SSSR count). The Bertz CT molecular complexity index is 598. The Morgan fingerprint density at radius 3 is 2.82 bits per heavy atom. The molecule has 2 heterocycles. The summed E-state index contributed by atoms with van der Waals surface area (Å²) >= 11 is 0. The van der Waals surface area contributed by atoms with Crippen molar-refractivity contribution in [1.82, 2.24) is 19.7 Å². The lowest BCUT2D eigenvalue weighted by molar-refractivity contribution is 0.487. The summed E-state index contributed by atoms with van der Waals surface area (Å²) in [5, 5.41) is 7.22. The molecule has 0 amide bonds. The van der Waals surface area contributed by atoms with Crippen molar-refractivity contribution >= 4 is 17.0 Å². The molecular weight excluding hydrogens is 218 g/mol. The van der Waals surface area contributed by atoms with Crippen LogP contribution in [0.3, 0.4) is 0 Å². The zero-order valence-electron chi connectivity index (χ0n) is 10.5. The van der Waals surface area contributed by atoms with Crippen LogP contribution >= 0.6 is 0 Å². The fraction of sp³-hybridized carbons (Fsp3) is 0.545. The molecule has 0 radical (unpaired) electrons. The van der Waals surface area contributed by atoms with Crippen molar-refractivity contribution in [2.45, 2.75) is 33.2 Å². The number of aryl methyl sites for hydroxylation is 1. The Hall–Kier alpha value is -1.85. The average molecular weight is 235 g/mol. The summed E-state index contributed by atoms with van der Waals surface area (Å²) < 4.78 is 1.86. The SMILES string of the molecule is CCC(C)n1nc(C)c2[nH]c(=O)c(NC)nc21. The van der Waals surface area contributed by atoms with Gasteiger partial charge >= 0.3 is 0 Å². The number of H-pyrrole nitrogens is 1. The van der Waals surface area contributed by atoms with Crippen molar-refractivity contribution in [3.05, 3.63) is 16.0 Å². The molecule has 17 heavy (non-hydrogen) atoms. The number of fused-ring (bicyclic) bond motifs is 1.